The van der Waals surface area contributed by atoms with Gasteiger partial charge in [-0.15, -0.1) is 0 Å². The van der Waals surface area contributed by atoms with Crippen LogP contribution in [0.2, 0.25) is 0 Å². The Hall–Kier alpha value is -3.29. The number of fused-ring (bicyclic) bond motifs is 1. The summed E-state index contributed by atoms with van der Waals surface area (Å²) >= 11 is 0. The Bertz CT molecular complexity index is 1190. The number of hydrogen-bond donors (Lipinski definition) is 1. The summed E-state index contributed by atoms with van der Waals surface area (Å²) < 4.78 is 23.2. The van der Waals surface area contributed by atoms with Crippen molar-refractivity contribution < 1.29 is 13.2 Å². The number of aliphatic imine (C=N–C) groups is 1. The largest absolute Gasteiger partial charge is 0.302 e. The topological polar surface area (TPSA) is 92.8 Å². The normalized spacial score (nSPS) is 15.1. The van der Waals surface area contributed by atoms with Gasteiger partial charge < -0.3 is 4.90 Å². The fourth-order valence-electron chi connectivity index (χ4n) is 3.15. The van der Waals surface area contributed by atoms with E-state index in [1.165, 1.54) is 12.1 Å². The van der Waals surface area contributed by atoms with Crippen molar-refractivity contribution in [1.29, 1.82) is 0 Å². The molecule has 28 heavy (non-hydrogen) atoms. The molecule has 0 radical (unpaired) electrons. The number of hydrogen-bond acceptors (Lipinski definition) is 4. The van der Waals surface area contributed by atoms with Gasteiger partial charge in [-0.25, -0.2) is 18.5 Å². The molecule has 1 aliphatic heterocycles. The lowest BCUT2D eigenvalue weighted by molar-refractivity contribution is -0.112. The minimum atomic E-state index is -3.85. The van der Waals surface area contributed by atoms with Gasteiger partial charge in [0.2, 0.25) is 10.0 Å². The van der Waals surface area contributed by atoms with Crippen molar-refractivity contribution >= 4 is 33.0 Å². The van der Waals surface area contributed by atoms with Gasteiger partial charge in [-0.1, -0.05) is 54.6 Å². The standard InChI is InChI=1S/C21H17N3O3S/c22-28(26,27)17-10-6-9-16(13-17)23-20-18-11-4-5-12-19(18)24(21(20)25)14-15-7-2-1-3-8-15/h1-13H,14H2,(H2,22,26,27). The molecule has 0 spiro atoms. The van der Waals surface area contributed by atoms with E-state index in [9.17, 15) is 13.2 Å². The molecule has 0 atom stereocenters. The highest BCUT2D eigenvalue weighted by Gasteiger charge is 2.33. The number of primary sulfonamides is 1. The van der Waals surface area contributed by atoms with Crippen LogP contribution in [-0.2, 0) is 21.4 Å². The molecule has 2 N–H and O–H groups in total. The number of anilines is 1. The van der Waals surface area contributed by atoms with Gasteiger partial charge in [0, 0.05) is 5.56 Å². The van der Waals surface area contributed by atoms with Crippen molar-refractivity contribution in [2.75, 3.05) is 4.90 Å². The van der Waals surface area contributed by atoms with Crippen molar-refractivity contribution in [2.45, 2.75) is 11.4 Å². The average molecular weight is 391 g/mol. The van der Waals surface area contributed by atoms with Crippen LogP contribution in [0, 0.1) is 0 Å². The Kier molecular flexibility index (Phi) is 4.54. The number of rotatable bonds is 4. The molecule has 0 fully saturated rings. The number of carbonyl (C=O) groups is 1. The van der Waals surface area contributed by atoms with E-state index in [4.69, 9.17) is 5.14 Å². The first-order valence-corrected chi connectivity index (χ1v) is 10.1. The molecular formula is C21H17N3O3S. The molecule has 3 aromatic rings. The maximum atomic E-state index is 13.1. The predicted molar refractivity (Wildman–Crippen MR) is 108 cm³/mol. The van der Waals surface area contributed by atoms with Gasteiger partial charge in [-0.05, 0) is 29.8 Å². The molecule has 140 valence electrons. The number of carbonyl (C=O) groups excluding carboxylic acids is 1. The summed E-state index contributed by atoms with van der Waals surface area (Å²) in [6, 6.07) is 23.1. The highest BCUT2D eigenvalue weighted by atomic mass is 32.2. The number of nitrogens with zero attached hydrogens (tertiary/aromatic N) is 2. The van der Waals surface area contributed by atoms with Gasteiger partial charge in [0.05, 0.1) is 22.8 Å². The maximum Gasteiger partial charge on any atom is 0.277 e. The van der Waals surface area contributed by atoms with Crippen LogP contribution in [-0.4, -0.2) is 20.0 Å². The number of para-hydroxylation sites is 1. The van der Waals surface area contributed by atoms with E-state index in [1.807, 2.05) is 54.6 Å². The van der Waals surface area contributed by atoms with Gasteiger partial charge in [0.1, 0.15) is 5.71 Å². The van der Waals surface area contributed by atoms with Gasteiger partial charge in [-0.2, -0.15) is 0 Å². The van der Waals surface area contributed by atoms with Gasteiger partial charge >= 0.3 is 0 Å². The van der Waals surface area contributed by atoms with Crippen LogP contribution in [0.5, 0.6) is 0 Å². The molecule has 4 rings (SSSR count). The fraction of sp³-hybridized carbons (Fsp3) is 0.0476. The first-order chi connectivity index (χ1) is 13.4. The Morgan fingerprint density at radius 1 is 0.893 bits per heavy atom. The summed E-state index contributed by atoms with van der Waals surface area (Å²) in [6.07, 6.45) is 0. The molecule has 0 aromatic heterocycles. The van der Waals surface area contributed by atoms with Crippen molar-refractivity contribution in [3.63, 3.8) is 0 Å². The number of sulfonamides is 1. The molecule has 1 aliphatic rings. The summed E-state index contributed by atoms with van der Waals surface area (Å²) in [5, 5.41) is 5.19. The van der Waals surface area contributed by atoms with Crippen LogP contribution in [0.3, 0.4) is 0 Å². The van der Waals surface area contributed by atoms with Crippen LogP contribution in [0.15, 0.2) is 88.8 Å². The summed E-state index contributed by atoms with van der Waals surface area (Å²) in [7, 11) is -3.85. The fourth-order valence-corrected chi connectivity index (χ4v) is 3.71. The summed E-state index contributed by atoms with van der Waals surface area (Å²) in [5.41, 5.74) is 3.12. The Labute approximate surface area is 163 Å². The first kappa shape index (κ1) is 18.1. The highest BCUT2D eigenvalue weighted by Crippen LogP contribution is 2.32. The minimum Gasteiger partial charge on any atom is -0.302 e. The third-order valence-corrected chi connectivity index (χ3v) is 5.38. The van der Waals surface area contributed by atoms with Crippen LogP contribution in [0.25, 0.3) is 0 Å². The number of benzene rings is 3. The van der Waals surface area contributed by atoms with E-state index in [0.717, 1.165) is 11.3 Å². The lowest BCUT2D eigenvalue weighted by Gasteiger charge is -2.16. The maximum absolute atomic E-state index is 13.1. The quantitative estimate of drug-likeness (QED) is 0.741. The van der Waals surface area contributed by atoms with Gasteiger partial charge in [0.15, 0.2) is 0 Å². The van der Waals surface area contributed by atoms with E-state index >= 15 is 0 Å². The second-order valence-electron chi connectivity index (χ2n) is 6.40. The molecule has 0 saturated carbocycles. The van der Waals surface area contributed by atoms with Gasteiger partial charge in [0.25, 0.3) is 5.91 Å². The Balaban J connectivity index is 1.76. The van der Waals surface area contributed by atoms with Crippen LogP contribution in [0.4, 0.5) is 11.4 Å². The minimum absolute atomic E-state index is 0.0470. The summed E-state index contributed by atoms with van der Waals surface area (Å²) in [5.74, 6) is -0.230. The predicted octanol–water partition coefficient (Wildman–Crippen LogP) is 3.00. The zero-order valence-corrected chi connectivity index (χ0v) is 15.6. The van der Waals surface area contributed by atoms with Crippen molar-refractivity contribution in [3.05, 3.63) is 90.0 Å². The van der Waals surface area contributed by atoms with E-state index in [1.54, 1.807) is 17.0 Å². The molecule has 0 bridgehead atoms. The molecular weight excluding hydrogens is 374 g/mol. The average Bonchev–Trinajstić information content (AvgIpc) is 2.94. The monoisotopic (exact) mass is 391 g/mol. The van der Waals surface area contributed by atoms with E-state index in [0.29, 0.717) is 17.8 Å². The zero-order valence-electron chi connectivity index (χ0n) is 14.8. The van der Waals surface area contributed by atoms with Crippen LogP contribution >= 0.6 is 0 Å². The Morgan fingerprint density at radius 2 is 1.61 bits per heavy atom. The molecule has 0 saturated heterocycles. The van der Waals surface area contributed by atoms with Crippen molar-refractivity contribution in [3.8, 4) is 0 Å². The number of nitrogens with two attached hydrogens (primary N) is 1. The van der Waals surface area contributed by atoms with Crippen LogP contribution in [0.1, 0.15) is 11.1 Å². The molecule has 1 heterocycles. The van der Waals surface area contributed by atoms with Gasteiger partial charge in [-0.3, -0.25) is 4.79 Å². The van der Waals surface area contributed by atoms with E-state index in [2.05, 4.69) is 4.99 Å². The van der Waals surface area contributed by atoms with Crippen molar-refractivity contribution in [2.24, 2.45) is 10.1 Å². The number of amides is 1. The molecule has 6 nitrogen and oxygen atoms in total. The third-order valence-electron chi connectivity index (χ3n) is 4.47. The lowest BCUT2D eigenvalue weighted by Crippen LogP contribution is -2.29. The molecule has 0 aliphatic carbocycles. The Morgan fingerprint density at radius 3 is 2.36 bits per heavy atom. The molecule has 7 heteroatoms. The SMILES string of the molecule is NS(=O)(=O)c1cccc(N=C2C(=O)N(Cc3ccccc3)c3ccccc32)c1. The second-order valence-corrected chi connectivity index (χ2v) is 7.96. The van der Waals surface area contributed by atoms with E-state index in [-0.39, 0.29) is 16.5 Å². The molecule has 0 unspecified atom stereocenters. The first-order valence-electron chi connectivity index (χ1n) is 8.60. The highest BCUT2D eigenvalue weighted by molar-refractivity contribution is 7.89. The third kappa shape index (κ3) is 3.45. The lowest BCUT2D eigenvalue weighted by atomic mass is 10.1. The zero-order chi connectivity index (χ0) is 19.7. The molecule has 1 amide bonds. The van der Waals surface area contributed by atoms with Crippen LogP contribution < -0.4 is 10.0 Å². The summed E-state index contributed by atoms with van der Waals surface area (Å²) in [4.78, 5) is 19.2. The van der Waals surface area contributed by atoms with E-state index < -0.39 is 10.0 Å². The second kappa shape index (κ2) is 7.03. The smallest absolute Gasteiger partial charge is 0.277 e. The molecule has 3 aromatic carbocycles. The summed E-state index contributed by atoms with van der Waals surface area (Å²) in [6.45, 7) is 0.424. The van der Waals surface area contributed by atoms with Crippen molar-refractivity contribution in [1.82, 2.24) is 0 Å².